The molecule has 1 N–H and O–H groups in total. The minimum atomic E-state index is 0.260. The summed E-state index contributed by atoms with van der Waals surface area (Å²) in [5.74, 6) is 1.48. The van der Waals surface area contributed by atoms with Crippen LogP contribution in [0.15, 0.2) is 24.3 Å². The topological polar surface area (TPSA) is 41.6 Å². The molecule has 2 heterocycles. The van der Waals surface area contributed by atoms with Crippen molar-refractivity contribution in [1.29, 1.82) is 0 Å². The average molecular weight is 383 g/mol. The maximum absolute atomic E-state index is 12.5. The van der Waals surface area contributed by atoms with Gasteiger partial charge in [-0.3, -0.25) is 4.79 Å². The number of carbonyl (C=O) groups excluding carboxylic acids is 1. The van der Waals surface area contributed by atoms with Crippen LogP contribution in [0.25, 0.3) is 0 Å². The Bertz CT molecular complexity index is 700. The predicted molar refractivity (Wildman–Crippen MR) is 110 cm³/mol. The SMILES string of the molecule is O=C(C[C@H]1CC2(CCN(CC3CCOCC3)CC2)c2ccccc21)NC1CC1. The van der Waals surface area contributed by atoms with Crippen molar-refractivity contribution >= 4 is 5.91 Å². The van der Waals surface area contributed by atoms with Crippen LogP contribution < -0.4 is 5.32 Å². The highest BCUT2D eigenvalue weighted by atomic mass is 16.5. The Balaban J connectivity index is 1.24. The van der Waals surface area contributed by atoms with Gasteiger partial charge in [0.15, 0.2) is 0 Å². The maximum atomic E-state index is 12.5. The van der Waals surface area contributed by atoms with E-state index in [1.165, 1.54) is 63.7 Å². The summed E-state index contributed by atoms with van der Waals surface area (Å²) in [4.78, 5) is 15.2. The van der Waals surface area contributed by atoms with Crippen molar-refractivity contribution in [3.8, 4) is 0 Å². The number of amides is 1. The van der Waals surface area contributed by atoms with Gasteiger partial charge in [-0.1, -0.05) is 24.3 Å². The van der Waals surface area contributed by atoms with Gasteiger partial charge in [0.2, 0.25) is 5.91 Å². The monoisotopic (exact) mass is 382 g/mol. The minimum absolute atomic E-state index is 0.260. The predicted octanol–water partition coefficient (Wildman–Crippen LogP) is 3.60. The van der Waals surface area contributed by atoms with E-state index in [-0.39, 0.29) is 5.91 Å². The number of ether oxygens (including phenoxy) is 1. The number of likely N-dealkylation sites (tertiary alicyclic amines) is 1. The number of benzene rings is 1. The van der Waals surface area contributed by atoms with Gasteiger partial charge in [0, 0.05) is 32.2 Å². The highest BCUT2D eigenvalue weighted by molar-refractivity contribution is 5.78. The van der Waals surface area contributed by atoms with Gasteiger partial charge < -0.3 is 15.0 Å². The van der Waals surface area contributed by atoms with Crippen molar-refractivity contribution in [3.63, 3.8) is 0 Å². The second-order valence-corrected chi connectivity index (χ2v) is 9.67. The standard InChI is InChI=1S/C24H34N2O2/c27-23(25-20-5-6-20)15-19-16-24(22-4-2-1-3-21(19)22)9-11-26(12-10-24)17-18-7-13-28-14-8-18/h1-4,18-20H,5-17H2,(H,25,27)/t19-/m0/s1. The van der Waals surface area contributed by atoms with Crippen molar-refractivity contribution in [2.45, 2.75) is 68.7 Å². The van der Waals surface area contributed by atoms with E-state index in [4.69, 9.17) is 4.74 Å². The lowest BCUT2D eigenvalue weighted by atomic mass is 9.73. The van der Waals surface area contributed by atoms with E-state index in [1.807, 2.05) is 0 Å². The number of hydrogen-bond donors (Lipinski definition) is 1. The quantitative estimate of drug-likeness (QED) is 0.846. The van der Waals surface area contributed by atoms with Gasteiger partial charge in [-0.15, -0.1) is 0 Å². The van der Waals surface area contributed by atoms with Crippen LogP contribution >= 0.6 is 0 Å². The van der Waals surface area contributed by atoms with Crippen molar-refractivity contribution in [2.75, 3.05) is 32.8 Å². The zero-order chi connectivity index (χ0) is 19.0. The molecular weight excluding hydrogens is 348 g/mol. The molecule has 3 fully saturated rings. The van der Waals surface area contributed by atoms with E-state index in [0.717, 1.165) is 25.6 Å². The zero-order valence-electron chi connectivity index (χ0n) is 17.0. The van der Waals surface area contributed by atoms with E-state index in [1.54, 1.807) is 5.56 Å². The number of piperidine rings is 1. The molecule has 0 radical (unpaired) electrons. The summed E-state index contributed by atoms with van der Waals surface area (Å²) in [7, 11) is 0. The normalized spacial score (nSPS) is 27.6. The molecule has 1 spiro atoms. The lowest BCUT2D eigenvalue weighted by Crippen LogP contribution is -2.44. The number of nitrogens with zero attached hydrogens (tertiary/aromatic N) is 1. The molecule has 4 nitrogen and oxygen atoms in total. The molecule has 152 valence electrons. The molecule has 4 aliphatic rings. The molecule has 1 saturated carbocycles. The summed E-state index contributed by atoms with van der Waals surface area (Å²) in [5.41, 5.74) is 3.30. The van der Waals surface area contributed by atoms with Crippen molar-refractivity contribution < 1.29 is 9.53 Å². The average Bonchev–Trinajstić information content (AvgIpc) is 3.48. The summed E-state index contributed by atoms with van der Waals surface area (Å²) in [6, 6.07) is 9.45. The van der Waals surface area contributed by atoms with Gasteiger partial charge in [0.25, 0.3) is 0 Å². The van der Waals surface area contributed by atoms with Crippen LogP contribution in [0, 0.1) is 5.92 Å². The van der Waals surface area contributed by atoms with E-state index < -0.39 is 0 Å². The largest absolute Gasteiger partial charge is 0.381 e. The Morgan fingerprint density at radius 3 is 2.61 bits per heavy atom. The molecule has 0 bridgehead atoms. The van der Waals surface area contributed by atoms with Crippen LogP contribution in [0.1, 0.15) is 68.4 Å². The molecular formula is C24H34N2O2. The third-order valence-electron chi connectivity index (χ3n) is 7.65. The van der Waals surface area contributed by atoms with Gasteiger partial charge in [-0.05, 0) is 86.4 Å². The van der Waals surface area contributed by atoms with Gasteiger partial charge in [0.1, 0.15) is 0 Å². The first-order valence-corrected chi connectivity index (χ1v) is 11.4. The smallest absolute Gasteiger partial charge is 0.220 e. The Hall–Kier alpha value is -1.39. The second kappa shape index (κ2) is 7.79. The second-order valence-electron chi connectivity index (χ2n) is 9.67. The molecule has 2 saturated heterocycles. The van der Waals surface area contributed by atoms with Crippen LogP contribution in [-0.2, 0) is 14.9 Å². The highest BCUT2D eigenvalue weighted by Gasteiger charge is 2.45. The fraction of sp³-hybridized carbons (Fsp3) is 0.708. The van der Waals surface area contributed by atoms with Gasteiger partial charge in [0.05, 0.1) is 0 Å². The Morgan fingerprint density at radius 2 is 1.86 bits per heavy atom. The highest BCUT2D eigenvalue weighted by Crippen LogP contribution is 2.52. The summed E-state index contributed by atoms with van der Waals surface area (Å²) in [6.07, 6.45) is 9.10. The fourth-order valence-corrected chi connectivity index (χ4v) is 5.88. The van der Waals surface area contributed by atoms with Gasteiger partial charge >= 0.3 is 0 Å². The first kappa shape index (κ1) is 18.6. The molecule has 1 atom stereocenters. The summed E-state index contributed by atoms with van der Waals surface area (Å²) < 4.78 is 5.52. The van der Waals surface area contributed by atoms with E-state index >= 15 is 0 Å². The van der Waals surface area contributed by atoms with E-state index in [0.29, 0.717) is 23.8 Å². The summed E-state index contributed by atoms with van der Waals surface area (Å²) in [5, 5.41) is 3.20. The van der Waals surface area contributed by atoms with E-state index in [9.17, 15) is 4.79 Å². The zero-order valence-corrected chi connectivity index (χ0v) is 17.0. The molecule has 1 aromatic rings. The van der Waals surface area contributed by atoms with Gasteiger partial charge in [-0.2, -0.15) is 0 Å². The third-order valence-corrected chi connectivity index (χ3v) is 7.65. The molecule has 0 unspecified atom stereocenters. The molecule has 0 aromatic heterocycles. The molecule has 5 rings (SSSR count). The Labute approximate surface area is 169 Å². The number of hydrogen-bond acceptors (Lipinski definition) is 3. The van der Waals surface area contributed by atoms with Crippen molar-refractivity contribution in [3.05, 3.63) is 35.4 Å². The molecule has 4 heteroatoms. The lowest BCUT2D eigenvalue weighted by molar-refractivity contribution is -0.121. The Kier molecular flexibility index (Phi) is 5.18. The molecule has 1 aromatic carbocycles. The van der Waals surface area contributed by atoms with Gasteiger partial charge in [-0.25, -0.2) is 0 Å². The molecule has 2 aliphatic carbocycles. The summed E-state index contributed by atoms with van der Waals surface area (Å²) >= 11 is 0. The van der Waals surface area contributed by atoms with Crippen molar-refractivity contribution in [1.82, 2.24) is 10.2 Å². The third kappa shape index (κ3) is 3.86. The number of fused-ring (bicyclic) bond motifs is 2. The molecule has 1 amide bonds. The van der Waals surface area contributed by atoms with Crippen LogP contribution in [0.5, 0.6) is 0 Å². The Morgan fingerprint density at radius 1 is 1.11 bits per heavy atom. The summed E-state index contributed by atoms with van der Waals surface area (Å²) in [6.45, 7) is 5.54. The maximum Gasteiger partial charge on any atom is 0.220 e. The number of carbonyl (C=O) groups is 1. The fourth-order valence-electron chi connectivity index (χ4n) is 5.88. The van der Waals surface area contributed by atoms with Crippen molar-refractivity contribution in [2.24, 2.45) is 5.92 Å². The first-order valence-electron chi connectivity index (χ1n) is 11.4. The van der Waals surface area contributed by atoms with Crippen LogP contribution in [0.2, 0.25) is 0 Å². The first-order chi connectivity index (χ1) is 13.7. The van der Waals surface area contributed by atoms with Crippen LogP contribution in [0.3, 0.4) is 0 Å². The lowest BCUT2D eigenvalue weighted by Gasteiger charge is -2.42. The molecule has 2 aliphatic heterocycles. The minimum Gasteiger partial charge on any atom is -0.381 e. The molecule has 28 heavy (non-hydrogen) atoms. The number of nitrogens with one attached hydrogen (secondary N) is 1. The number of rotatable bonds is 5. The van der Waals surface area contributed by atoms with Crippen LogP contribution in [-0.4, -0.2) is 49.7 Å². The van der Waals surface area contributed by atoms with E-state index in [2.05, 4.69) is 34.5 Å². The van der Waals surface area contributed by atoms with Crippen LogP contribution in [0.4, 0.5) is 0 Å².